The van der Waals surface area contributed by atoms with E-state index in [9.17, 15) is 0 Å². The number of thiocarbonyl (C=S) groups is 1. The summed E-state index contributed by atoms with van der Waals surface area (Å²) in [6.07, 6.45) is 1.69. The molecule has 0 aliphatic rings. The molecule has 0 spiro atoms. The van der Waals surface area contributed by atoms with Crippen LogP contribution in [0.1, 0.15) is 22.7 Å². The number of hydrogen-bond donors (Lipinski definition) is 2. The largest absolute Gasteiger partial charge is 0.481 e. The molecule has 1 aromatic heterocycles. The van der Waals surface area contributed by atoms with E-state index in [1.807, 2.05) is 36.4 Å². The summed E-state index contributed by atoms with van der Waals surface area (Å²) >= 11 is 5.54. The second kappa shape index (κ2) is 8.45. The van der Waals surface area contributed by atoms with E-state index in [-0.39, 0.29) is 6.04 Å². The molecule has 5 heteroatoms. The van der Waals surface area contributed by atoms with Crippen molar-refractivity contribution in [1.29, 1.82) is 0 Å². The Hall–Kier alpha value is -2.92. The highest BCUT2D eigenvalue weighted by molar-refractivity contribution is 7.80. The Bertz CT molecular complexity index is 866. The molecule has 0 saturated heterocycles. The van der Waals surface area contributed by atoms with Gasteiger partial charge in [-0.15, -0.1) is 0 Å². The summed E-state index contributed by atoms with van der Waals surface area (Å²) in [6, 6.07) is 22.2. The average molecular weight is 363 g/mol. The van der Waals surface area contributed by atoms with Gasteiger partial charge in [-0.25, -0.2) is 4.98 Å². The molecule has 4 nitrogen and oxygen atoms in total. The van der Waals surface area contributed by atoms with Gasteiger partial charge in [0.15, 0.2) is 5.11 Å². The number of aromatic nitrogens is 1. The van der Waals surface area contributed by atoms with Crippen LogP contribution in [0, 0.1) is 6.92 Å². The van der Waals surface area contributed by atoms with Gasteiger partial charge in [0.1, 0.15) is 0 Å². The first-order valence-electron chi connectivity index (χ1n) is 8.35. The molecule has 26 heavy (non-hydrogen) atoms. The summed E-state index contributed by atoms with van der Waals surface area (Å²) < 4.78 is 5.08. The lowest BCUT2D eigenvalue weighted by Gasteiger charge is -2.23. The smallest absolute Gasteiger partial charge is 0.213 e. The van der Waals surface area contributed by atoms with Crippen LogP contribution in [0.4, 0.5) is 5.69 Å². The van der Waals surface area contributed by atoms with Crippen LogP contribution in [0.25, 0.3) is 0 Å². The lowest BCUT2D eigenvalue weighted by molar-refractivity contribution is 0.398. The molecule has 0 bridgehead atoms. The monoisotopic (exact) mass is 363 g/mol. The molecule has 0 saturated carbocycles. The van der Waals surface area contributed by atoms with Gasteiger partial charge in [-0.2, -0.15) is 0 Å². The number of nitrogens with zero attached hydrogens (tertiary/aromatic N) is 1. The Morgan fingerprint density at radius 2 is 1.73 bits per heavy atom. The third-order valence-corrected chi connectivity index (χ3v) is 4.33. The molecule has 3 aromatic rings. The van der Waals surface area contributed by atoms with Crippen LogP contribution < -0.4 is 15.4 Å². The molecule has 1 heterocycles. The zero-order valence-electron chi connectivity index (χ0n) is 14.8. The van der Waals surface area contributed by atoms with Crippen LogP contribution >= 0.6 is 12.2 Å². The van der Waals surface area contributed by atoms with Crippen LogP contribution in [0.15, 0.2) is 72.9 Å². The van der Waals surface area contributed by atoms with Gasteiger partial charge in [0, 0.05) is 6.07 Å². The van der Waals surface area contributed by atoms with Gasteiger partial charge < -0.3 is 15.4 Å². The standard InChI is InChI=1S/C21H21N3OS/c1-15-8-6-7-11-18(15)20(16-9-4-3-5-10-16)24-21(26)23-17-12-13-19(25-2)22-14-17/h3-14,20H,1-2H3,(H2,23,24,26)/t20-/m1/s1. The maximum Gasteiger partial charge on any atom is 0.213 e. The van der Waals surface area contributed by atoms with E-state index in [0.717, 1.165) is 11.3 Å². The van der Waals surface area contributed by atoms with Crippen LogP contribution in [-0.4, -0.2) is 17.2 Å². The fourth-order valence-corrected chi connectivity index (χ4v) is 3.01. The molecule has 0 amide bonds. The van der Waals surface area contributed by atoms with Gasteiger partial charge in [0.25, 0.3) is 0 Å². The second-order valence-electron chi connectivity index (χ2n) is 5.89. The van der Waals surface area contributed by atoms with E-state index < -0.39 is 0 Å². The number of methoxy groups -OCH3 is 1. The van der Waals surface area contributed by atoms with E-state index in [1.165, 1.54) is 11.1 Å². The molecular formula is C21H21N3OS. The molecule has 132 valence electrons. The van der Waals surface area contributed by atoms with Gasteiger partial charge in [-0.1, -0.05) is 54.6 Å². The normalized spacial score (nSPS) is 11.5. The highest BCUT2D eigenvalue weighted by Gasteiger charge is 2.17. The first-order valence-corrected chi connectivity index (χ1v) is 8.76. The van der Waals surface area contributed by atoms with Gasteiger partial charge in [0.05, 0.1) is 25.0 Å². The Balaban J connectivity index is 1.81. The summed E-state index contributed by atoms with van der Waals surface area (Å²) in [5.74, 6) is 0.566. The van der Waals surface area contributed by atoms with E-state index in [0.29, 0.717) is 11.0 Å². The summed E-state index contributed by atoms with van der Waals surface area (Å²) in [6.45, 7) is 2.11. The molecule has 0 aliphatic heterocycles. The van der Waals surface area contributed by atoms with E-state index >= 15 is 0 Å². The first-order chi connectivity index (χ1) is 12.7. The fourth-order valence-electron chi connectivity index (χ4n) is 2.77. The predicted molar refractivity (Wildman–Crippen MR) is 110 cm³/mol. The maximum absolute atomic E-state index is 5.54. The van der Waals surface area contributed by atoms with Crippen molar-refractivity contribution in [3.05, 3.63) is 89.6 Å². The van der Waals surface area contributed by atoms with Crippen molar-refractivity contribution in [2.75, 3.05) is 12.4 Å². The number of rotatable bonds is 5. The third kappa shape index (κ3) is 4.37. The van der Waals surface area contributed by atoms with Crippen molar-refractivity contribution >= 4 is 23.0 Å². The number of benzene rings is 2. The molecule has 0 radical (unpaired) electrons. The average Bonchev–Trinajstić information content (AvgIpc) is 2.68. The maximum atomic E-state index is 5.54. The summed E-state index contributed by atoms with van der Waals surface area (Å²) in [5.41, 5.74) is 4.36. The summed E-state index contributed by atoms with van der Waals surface area (Å²) in [4.78, 5) is 4.19. The fraction of sp³-hybridized carbons (Fsp3) is 0.143. The lowest BCUT2D eigenvalue weighted by atomic mass is 9.95. The molecule has 3 rings (SSSR count). The van der Waals surface area contributed by atoms with Crippen LogP contribution in [0.5, 0.6) is 5.88 Å². The number of aryl methyl sites for hydroxylation is 1. The van der Waals surface area contributed by atoms with Crippen molar-refractivity contribution in [2.45, 2.75) is 13.0 Å². The van der Waals surface area contributed by atoms with E-state index in [2.05, 4.69) is 46.8 Å². The zero-order chi connectivity index (χ0) is 18.4. The minimum atomic E-state index is -0.0383. The van der Waals surface area contributed by atoms with E-state index in [4.69, 9.17) is 17.0 Å². The Morgan fingerprint density at radius 1 is 1.00 bits per heavy atom. The molecule has 0 unspecified atom stereocenters. The summed E-state index contributed by atoms with van der Waals surface area (Å²) in [7, 11) is 1.59. The topological polar surface area (TPSA) is 46.2 Å². The van der Waals surface area contributed by atoms with E-state index in [1.54, 1.807) is 19.4 Å². The van der Waals surface area contributed by atoms with Crippen LogP contribution in [0.2, 0.25) is 0 Å². The number of nitrogens with one attached hydrogen (secondary N) is 2. The number of ether oxygens (including phenoxy) is 1. The van der Waals surface area contributed by atoms with Crippen molar-refractivity contribution in [3.8, 4) is 5.88 Å². The SMILES string of the molecule is COc1ccc(NC(=S)N[C@H](c2ccccc2)c2ccccc2C)cn1. The van der Waals surface area contributed by atoms with Gasteiger partial charge in [0.2, 0.25) is 5.88 Å². The Kier molecular flexibility index (Phi) is 5.81. The van der Waals surface area contributed by atoms with Crippen LogP contribution in [0.3, 0.4) is 0 Å². The summed E-state index contributed by atoms with van der Waals surface area (Å²) in [5, 5.41) is 7.15. The second-order valence-corrected chi connectivity index (χ2v) is 6.30. The quantitative estimate of drug-likeness (QED) is 0.655. The predicted octanol–water partition coefficient (Wildman–Crippen LogP) is 4.47. The van der Waals surface area contributed by atoms with Crippen molar-refractivity contribution in [3.63, 3.8) is 0 Å². The zero-order valence-corrected chi connectivity index (χ0v) is 15.6. The van der Waals surface area contributed by atoms with Gasteiger partial charge in [-0.3, -0.25) is 0 Å². The molecule has 0 aliphatic carbocycles. The third-order valence-electron chi connectivity index (χ3n) is 4.11. The van der Waals surface area contributed by atoms with Crippen molar-refractivity contribution < 1.29 is 4.74 Å². The molecular weight excluding hydrogens is 342 g/mol. The molecule has 2 N–H and O–H groups in total. The number of anilines is 1. The number of pyridine rings is 1. The highest BCUT2D eigenvalue weighted by atomic mass is 32.1. The minimum absolute atomic E-state index is 0.0383. The number of hydrogen-bond acceptors (Lipinski definition) is 3. The van der Waals surface area contributed by atoms with Gasteiger partial charge in [-0.05, 0) is 41.9 Å². The molecule has 2 aromatic carbocycles. The van der Waals surface area contributed by atoms with Crippen molar-refractivity contribution in [2.24, 2.45) is 0 Å². The first kappa shape index (κ1) is 17.9. The molecule has 1 atom stereocenters. The minimum Gasteiger partial charge on any atom is -0.481 e. The highest BCUT2D eigenvalue weighted by Crippen LogP contribution is 2.25. The molecule has 0 fully saturated rings. The van der Waals surface area contributed by atoms with Crippen LogP contribution in [-0.2, 0) is 0 Å². The lowest BCUT2D eigenvalue weighted by Crippen LogP contribution is -2.33. The Labute approximate surface area is 159 Å². The Morgan fingerprint density at radius 3 is 2.38 bits per heavy atom. The van der Waals surface area contributed by atoms with Gasteiger partial charge >= 0.3 is 0 Å². The van der Waals surface area contributed by atoms with Crippen molar-refractivity contribution in [1.82, 2.24) is 10.3 Å².